The highest BCUT2D eigenvalue weighted by atomic mass is 19.1. The van der Waals surface area contributed by atoms with E-state index in [1.165, 1.54) is 6.07 Å². The first-order valence-electron chi connectivity index (χ1n) is 4.72. The molecule has 3 nitrogen and oxygen atoms in total. The van der Waals surface area contributed by atoms with Gasteiger partial charge in [0.05, 0.1) is 11.4 Å². The molecule has 0 aliphatic rings. The van der Waals surface area contributed by atoms with Gasteiger partial charge < -0.3 is 5.73 Å². The molecular formula is C11H12FN3. The fourth-order valence-corrected chi connectivity index (χ4v) is 1.45. The molecule has 0 aliphatic heterocycles. The largest absolute Gasteiger partial charge is 0.325 e. The summed E-state index contributed by atoms with van der Waals surface area (Å²) in [5.74, 6) is -0.225. The van der Waals surface area contributed by atoms with Gasteiger partial charge in [0.15, 0.2) is 0 Å². The summed E-state index contributed by atoms with van der Waals surface area (Å²) in [6.45, 7) is 2.12. The maximum Gasteiger partial charge on any atom is 0.128 e. The number of benzene rings is 1. The maximum atomic E-state index is 13.3. The van der Waals surface area contributed by atoms with Gasteiger partial charge in [-0.05, 0) is 25.1 Å². The molecule has 0 amide bonds. The third kappa shape index (κ3) is 1.76. The second-order valence-electron chi connectivity index (χ2n) is 3.34. The summed E-state index contributed by atoms with van der Waals surface area (Å²) in [5.41, 5.74) is 7.58. The van der Waals surface area contributed by atoms with Crippen molar-refractivity contribution in [2.75, 3.05) is 0 Å². The van der Waals surface area contributed by atoms with Crippen molar-refractivity contribution >= 4 is 0 Å². The van der Waals surface area contributed by atoms with Crippen molar-refractivity contribution in [1.82, 2.24) is 9.78 Å². The summed E-state index contributed by atoms with van der Waals surface area (Å²) in [6, 6.07) is 6.75. The molecule has 4 heteroatoms. The van der Waals surface area contributed by atoms with Gasteiger partial charge in [0.2, 0.25) is 0 Å². The lowest BCUT2D eigenvalue weighted by molar-refractivity contribution is 0.615. The van der Waals surface area contributed by atoms with Crippen molar-refractivity contribution < 1.29 is 4.39 Å². The zero-order chi connectivity index (χ0) is 10.8. The molecule has 0 spiro atoms. The van der Waals surface area contributed by atoms with Gasteiger partial charge in [-0.2, -0.15) is 5.10 Å². The number of rotatable bonds is 2. The standard InChI is InChI=1S/C11H12FN3/c1-8-10(12)3-2-4-11(8)15-6-5-9(7-13)14-15/h2-6H,7,13H2,1H3. The van der Waals surface area contributed by atoms with E-state index in [4.69, 9.17) is 5.73 Å². The fourth-order valence-electron chi connectivity index (χ4n) is 1.45. The molecule has 2 aromatic rings. The number of hydrogen-bond donors (Lipinski definition) is 1. The zero-order valence-electron chi connectivity index (χ0n) is 8.44. The first-order chi connectivity index (χ1) is 7.22. The molecule has 1 heterocycles. The van der Waals surface area contributed by atoms with Crippen LogP contribution in [0.5, 0.6) is 0 Å². The topological polar surface area (TPSA) is 43.8 Å². The first-order valence-corrected chi connectivity index (χ1v) is 4.72. The number of nitrogens with zero attached hydrogens (tertiary/aromatic N) is 2. The van der Waals surface area contributed by atoms with Crippen LogP contribution in [0.25, 0.3) is 5.69 Å². The number of hydrogen-bond acceptors (Lipinski definition) is 2. The predicted octanol–water partition coefficient (Wildman–Crippen LogP) is 1.78. The maximum absolute atomic E-state index is 13.3. The van der Waals surface area contributed by atoms with E-state index in [0.717, 1.165) is 11.4 Å². The summed E-state index contributed by atoms with van der Waals surface area (Å²) in [4.78, 5) is 0. The molecule has 0 saturated heterocycles. The number of halogens is 1. The molecule has 0 unspecified atom stereocenters. The minimum Gasteiger partial charge on any atom is -0.325 e. The van der Waals surface area contributed by atoms with Crippen molar-refractivity contribution in [3.8, 4) is 5.69 Å². The van der Waals surface area contributed by atoms with E-state index in [1.54, 1.807) is 23.9 Å². The average Bonchev–Trinajstić information content (AvgIpc) is 2.70. The molecule has 0 bridgehead atoms. The lowest BCUT2D eigenvalue weighted by atomic mass is 10.2. The molecule has 0 saturated carbocycles. The van der Waals surface area contributed by atoms with E-state index in [1.807, 2.05) is 12.1 Å². The highest BCUT2D eigenvalue weighted by Crippen LogP contribution is 2.16. The smallest absolute Gasteiger partial charge is 0.128 e. The van der Waals surface area contributed by atoms with Crippen LogP contribution >= 0.6 is 0 Å². The van der Waals surface area contributed by atoms with Crippen LogP contribution in [-0.2, 0) is 6.54 Å². The SMILES string of the molecule is Cc1c(F)cccc1-n1ccc(CN)n1. The Kier molecular flexibility index (Phi) is 2.51. The van der Waals surface area contributed by atoms with Crippen LogP contribution in [0.3, 0.4) is 0 Å². The normalized spacial score (nSPS) is 10.6. The van der Waals surface area contributed by atoms with Crippen LogP contribution < -0.4 is 5.73 Å². The Labute approximate surface area is 87.3 Å². The van der Waals surface area contributed by atoms with Crippen molar-refractivity contribution in [2.24, 2.45) is 5.73 Å². The molecule has 78 valence electrons. The van der Waals surface area contributed by atoms with Crippen LogP contribution in [-0.4, -0.2) is 9.78 Å². The Morgan fingerprint density at radius 2 is 2.20 bits per heavy atom. The van der Waals surface area contributed by atoms with Crippen LogP contribution in [0.4, 0.5) is 4.39 Å². The number of nitrogens with two attached hydrogens (primary N) is 1. The molecule has 0 atom stereocenters. The summed E-state index contributed by atoms with van der Waals surface area (Å²) in [6.07, 6.45) is 1.78. The Balaban J connectivity index is 2.49. The minimum absolute atomic E-state index is 0.225. The lowest BCUT2D eigenvalue weighted by Crippen LogP contribution is -2.02. The molecule has 2 rings (SSSR count). The highest BCUT2D eigenvalue weighted by molar-refractivity contribution is 5.40. The molecule has 2 N–H and O–H groups in total. The second-order valence-corrected chi connectivity index (χ2v) is 3.34. The van der Waals surface area contributed by atoms with E-state index >= 15 is 0 Å². The second kappa shape index (κ2) is 3.82. The third-order valence-corrected chi connectivity index (χ3v) is 2.34. The van der Waals surface area contributed by atoms with Crippen molar-refractivity contribution in [3.63, 3.8) is 0 Å². The summed E-state index contributed by atoms with van der Waals surface area (Å²) < 4.78 is 14.9. The fraction of sp³-hybridized carbons (Fsp3) is 0.182. The van der Waals surface area contributed by atoms with Crippen LogP contribution in [0, 0.1) is 12.7 Å². The van der Waals surface area contributed by atoms with Gasteiger partial charge in [-0.25, -0.2) is 9.07 Å². The predicted molar refractivity (Wildman–Crippen MR) is 56.2 cm³/mol. The Morgan fingerprint density at radius 1 is 1.40 bits per heavy atom. The van der Waals surface area contributed by atoms with Gasteiger partial charge in [-0.1, -0.05) is 6.07 Å². The molecule has 1 aromatic carbocycles. The minimum atomic E-state index is -0.225. The molecule has 1 aromatic heterocycles. The van der Waals surface area contributed by atoms with Gasteiger partial charge in [0.25, 0.3) is 0 Å². The van der Waals surface area contributed by atoms with Gasteiger partial charge in [-0.15, -0.1) is 0 Å². The summed E-state index contributed by atoms with van der Waals surface area (Å²) in [5, 5.41) is 4.23. The quantitative estimate of drug-likeness (QED) is 0.812. The summed E-state index contributed by atoms with van der Waals surface area (Å²) in [7, 11) is 0. The number of aromatic nitrogens is 2. The van der Waals surface area contributed by atoms with E-state index in [0.29, 0.717) is 12.1 Å². The van der Waals surface area contributed by atoms with Gasteiger partial charge >= 0.3 is 0 Å². The van der Waals surface area contributed by atoms with Crippen LogP contribution in [0.15, 0.2) is 30.5 Å². The average molecular weight is 205 g/mol. The lowest BCUT2D eigenvalue weighted by Gasteiger charge is -2.05. The molecule has 15 heavy (non-hydrogen) atoms. The Morgan fingerprint density at radius 3 is 2.87 bits per heavy atom. The monoisotopic (exact) mass is 205 g/mol. The van der Waals surface area contributed by atoms with E-state index < -0.39 is 0 Å². The Hall–Kier alpha value is -1.68. The van der Waals surface area contributed by atoms with E-state index in [-0.39, 0.29) is 5.82 Å². The van der Waals surface area contributed by atoms with Gasteiger partial charge in [-0.3, -0.25) is 0 Å². The molecule has 0 radical (unpaired) electrons. The molecule has 0 aliphatic carbocycles. The van der Waals surface area contributed by atoms with Crippen molar-refractivity contribution in [2.45, 2.75) is 13.5 Å². The first kappa shape index (κ1) is 9.86. The zero-order valence-corrected chi connectivity index (χ0v) is 8.44. The van der Waals surface area contributed by atoms with Crippen molar-refractivity contribution in [3.05, 3.63) is 47.5 Å². The Bertz CT molecular complexity index is 476. The van der Waals surface area contributed by atoms with Gasteiger partial charge in [0.1, 0.15) is 5.82 Å². The molecule has 0 fully saturated rings. The van der Waals surface area contributed by atoms with Crippen LogP contribution in [0.2, 0.25) is 0 Å². The molecular weight excluding hydrogens is 193 g/mol. The third-order valence-electron chi connectivity index (χ3n) is 2.34. The van der Waals surface area contributed by atoms with Crippen LogP contribution in [0.1, 0.15) is 11.3 Å². The van der Waals surface area contributed by atoms with Gasteiger partial charge in [0, 0.05) is 18.3 Å². The van der Waals surface area contributed by atoms with Crippen molar-refractivity contribution in [1.29, 1.82) is 0 Å². The van der Waals surface area contributed by atoms with E-state index in [9.17, 15) is 4.39 Å². The van der Waals surface area contributed by atoms with E-state index in [2.05, 4.69) is 5.10 Å². The highest BCUT2D eigenvalue weighted by Gasteiger charge is 2.06. The summed E-state index contributed by atoms with van der Waals surface area (Å²) >= 11 is 0.